The number of phosphoric ester groups is 2. The van der Waals surface area contributed by atoms with Crippen LogP contribution in [0.5, 0.6) is 0 Å². The van der Waals surface area contributed by atoms with Gasteiger partial charge in [0, 0.05) is 25.7 Å². The summed E-state index contributed by atoms with van der Waals surface area (Å²) < 4.78 is 67.9. The van der Waals surface area contributed by atoms with Crippen LogP contribution in [-0.2, 0) is 65.4 Å². The van der Waals surface area contributed by atoms with Gasteiger partial charge < -0.3 is 33.8 Å². The molecule has 82 heavy (non-hydrogen) atoms. The minimum absolute atomic E-state index is 0.101. The van der Waals surface area contributed by atoms with Crippen molar-refractivity contribution < 1.29 is 80.2 Å². The van der Waals surface area contributed by atoms with Gasteiger partial charge in [0.1, 0.15) is 19.3 Å². The maximum Gasteiger partial charge on any atom is 0.472 e. The molecule has 0 aliphatic carbocycles. The van der Waals surface area contributed by atoms with Gasteiger partial charge in [0.2, 0.25) is 0 Å². The summed E-state index contributed by atoms with van der Waals surface area (Å²) >= 11 is 0. The van der Waals surface area contributed by atoms with Gasteiger partial charge in [-0.15, -0.1) is 0 Å². The largest absolute Gasteiger partial charge is 0.472 e. The Morgan fingerprint density at radius 3 is 0.866 bits per heavy atom. The van der Waals surface area contributed by atoms with E-state index in [-0.39, 0.29) is 25.7 Å². The number of rotatable bonds is 60. The maximum absolute atomic E-state index is 13.0. The Balaban J connectivity index is 5.26. The second-order valence-electron chi connectivity index (χ2n) is 24.2. The van der Waals surface area contributed by atoms with Gasteiger partial charge in [0.15, 0.2) is 12.2 Å². The van der Waals surface area contributed by atoms with Crippen LogP contribution < -0.4 is 0 Å². The SMILES string of the molecule is CCC(C)CCCCCCCCCCC(=O)O[C@H](COC(=O)CCCCCCCCCCC(C)C)COP(=O)(O)OC[C@@H](O)COP(=O)(O)OC[C@@H](COC(=O)CCCCCCCCC(C)C)OC(=O)CCCCCCCCC(C)CC. The minimum Gasteiger partial charge on any atom is -0.462 e. The zero-order valence-corrected chi connectivity index (χ0v) is 54.9. The highest BCUT2D eigenvalue weighted by molar-refractivity contribution is 7.47. The van der Waals surface area contributed by atoms with Gasteiger partial charge >= 0.3 is 39.5 Å². The van der Waals surface area contributed by atoms with Gasteiger partial charge in [0.25, 0.3) is 0 Å². The molecule has 0 aromatic rings. The van der Waals surface area contributed by atoms with Gasteiger partial charge in [-0.3, -0.25) is 37.3 Å². The summed E-state index contributed by atoms with van der Waals surface area (Å²) in [7, 11) is -9.89. The van der Waals surface area contributed by atoms with Gasteiger partial charge in [-0.25, -0.2) is 9.13 Å². The van der Waals surface area contributed by atoms with Crippen molar-refractivity contribution in [1.82, 2.24) is 0 Å². The lowest BCUT2D eigenvalue weighted by molar-refractivity contribution is -0.161. The zero-order chi connectivity index (χ0) is 61.1. The van der Waals surface area contributed by atoms with E-state index in [0.717, 1.165) is 114 Å². The first-order valence-corrected chi connectivity index (χ1v) is 35.8. The van der Waals surface area contributed by atoms with Crippen LogP contribution in [0.4, 0.5) is 0 Å². The van der Waals surface area contributed by atoms with E-state index in [2.05, 4.69) is 55.4 Å². The Hall–Kier alpha value is -1.94. The normalized spacial score (nSPS) is 15.1. The molecule has 0 saturated carbocycles. The van der Waals surface area contributed by atoms with Crippen molar-refractivity contribution >= 4 is 39.5 Å². The van der Waals surface area contributed by atoms with E-state index in [4.69, 9.17) is 37.0 Å². The third kappa shape index (κ3) is 54.7. The summed E-state index contributed by atoms with van der Waals surface area (Å²) in [6.07, 6.45) is 32.3. The molecule has 0 fully saturated rings. The molecular weight excluding hydrogens is 1090 g/mol. The van der Waals surface area contributed by atoms with Gasteiger partial charge in [-0.1, -0.05) is 248 Å². The van der Waals surface area contributed by atoms with Gasteiger partial charge in [-0.2, -0.15) is 0 Å². The van der Waals surface area contributed by atoms with E-state index in [0.29, 0.717) is 31.6 Å². The molecule has 4 unspecified atom stereocenters. The molecule has 0 heterocycles. The summed E-state index contributed by atoms with van der Waals surface area (Å²) in [5.41, 5.74) is 0. The summed E-state index contributed by atoms with van der Waals surface area (Å²) in [5, 5.41) is 10.5. The molecular formula is C63H122O17P2. The smallest absolute Gasteiger partial charge is 0.462 e. The second-order valence-corrected chi connectivity index (χ2v) is 27.1. The van der Waals surface area contributed by atoms with Crippen LogP contribution in [0.2, 0.25) is 0 Å². The average Bonchev–Trinajstić information content (AvgIpc) is 3.43. The van der Waals surface area contributed by atoms with E-state index in [9.17, 15) is 43.2 Å². The number of hydrogen-bond donors (Lipinski definition) is 3. The maximum atomic E-state index is 13.0. The molecule has 0 aromatic carbocycles. The monoisotopic (exact) mass is 1210 g/mol. The number of aliphatic hydroxyl groups is 1. The standard InChI is InChI=1S/C63H122O17P2/c1-9-55(7)41-33-25-16-12-14-18-29-37-45-62(67)79-58(49-73-60(65)43-35-27-17-13-11-15-23-31-39-53(3)4)51-77-81(69,70)75-47-57(64)48-76-82(71,72)78-52-59(50-74-61(66)44-36-28-21-19-24-32-40-54(5)6)80-63(68)46-38-30-22-20-26-34-42-56(8)10-2/h53-59,64H,9-52H2,1-8H3,(H,69,70)(H,71,72)/t55?,56?,57-,58-,59-/m1/s1. The number of carbonyl (C=O) groups is 4. The topological polar surface area (TPSA) is 237 Å². The van der Waals surface area contributed by atoms with Crippen LogP contribution in [0.25, 0.3) is 0 Å². The summed E-state index contributed by atoms with van der Waals surface area (Å²) in [5.74, 6) is 0.750. The molecule has 19 heteroatoms. The number of carbonyl (C=O) groups excluding carboxylic acids is 4. The predicted octanol–water partition coefficient (Wildman–Crippen LogP) is 17.0. The number of aliphatic hydroxyl groups excluding tert-OH is 1. The molecule has 0 bridgehead atoms. The first-order chi connectivity index (χ1) is 39.2. The molecule has 0 radical (unpaired) electrons. The van der Waals surface area contributed by atoms with Crippen LogP contribution in [0.15, 0.2) is 0 Å². The van der Waals surface area contributed by atoms with E-state index in [1.807, 2.05) is 0 Å². The third-order valence-corrected chi connectivity index (χ3v) is 16.9. The second kappa shape index (κ2) is 53.3. The van der Waals surface area contributed by atoms with Gasteiger partial charge in [0.05, 0.1) is 26.4 Å². The van der Waals surface area contributed by atoms with E-state index >= 15 is 0 Å². The zero-order valence-electron chi connectivity index (χ0n) is 53.1. The van der Waals surface area contributed by atoms with Crippen LogP contribution in [0.1, 0.15) is 299 Å². The fraction of sp³-hybridized carbons (Fsp3) is 0.937. The number of esters is 4. The van der Waals surface area contributed by atoms with Crippen LogP contribution in [0.3, 0.4) is 0 Å². The van der Waals surface area contributed by atoms with Crippen molar-refractivity contribution in [2.75, 3.05) is 39.6 Å². The fourth-order valence-electron chi connectivity index (χ4n) is 9.19. The lowest BCUT2D eigenvalue weighted by Crippen LogP contribution is -2.30. The molecule has 0 spiro atoms. The van der Waals surface area contributed by atoms with E-state index in [1.54, 1.807) is 0 Å². The Morgan fingerprint density at radius 1 is 0.341 bits per heavy atom. The highest BCUT2D eigenvalue weighted by atomic mass is 31.2. The Kier molecular flexibility index (Phi) is 52.0. The third-order valence-electron chi connectivity index (χ3n) is 15.0. The molecule has 17 nitrogen and oxygen atoms in total. The lowest BCUT2D eigenvalue weighted by atomic mass is 9.99. The minimum atomic E-state index is -4.94. The average molecular weight is 1210 g/mol. The lowest BCUT2D eigenvalue weighted by Gasteiger charge is -2.21. The van der Waals surface area contributed by atoms with Crippen LogP contribution in [-0.4, -0.2) is 96.7 Å². The molecule has 3 N–H and O–H groups in total. The van der Waals surface area contributed by atoms with Crippen LogP contribution in [0, 0.1) is 23.7 Å². The predicted molar refractivity (Wildman–Crippen MR) is 326 cm³/mol. The number of hydrogen-bond acceptors (Lipinski definition) is 15. The summed E-state index contributed by atoms with van der Waals surface area (Å²) in [4.78, 5) is 72.1. The molecule has 0 amide bonds. The van der Waals surface area contributed by atoms with Crippen LogP contribution >= 0.6 is 15.6 Å². The first kappa shape index (κ1) is 80.1. The van der Waals surface area contributed by atoms with Crippen molar-refractivity contribution in [3.8, 4) is 0 Å². The van der Waals surface area contributed by atoms with Crippen molar-refractivity contribution in [2.24, 2.45) is 23.7 Å². The quantitative estimate of drug-likeness (QED) is 0.0222. The molecule has 0 saturated heterocycles. The Morgan fingerprint density at radius 2 is 0.585 bits per heavy atom. The molecule has 0 aliphatic rings. The molecule has 486 valence electrons. The summed E-state index contributed by atoms with van der Waals surface area (Å²) in [6, 6.07) is 0. The number of ether oxygens (including phenoxy) is 4. The van der Waals surface area contributed by atoms with Gasteiger partial charge in [-0.05, 0) is 49.4 Å². The van der Waals surface area contributed by atoms with Crippen molar-refractivity contribution in [3.05, 3.63) is 0 Å². The molecule has 0 rings (SSSR count). The Labute approximate surface area is 498 Å². The molecule has 0 aromatic heterocycles. The number of phosphoric acid groups is 2. The summed E-state index contributed by atoms with van der Waals surface area (Å²) in [6.45, 7) is 13.9. The van der Waals surface area contributed by atoms with Crippen molar-refractivity contribution in [3.63, 3.8) is 0 Å². The number of unbranched alkanes of at least 4 members (excludes halogenated alkanes) is 24. The van der Waals surface area contributed by atoms with Crippen molar-refractivity contribution in [1.29, 1.82) is 0 Å². The van der Waals surface area contributed by atoms with E-state index in [1.165, 1.54) is 96.3 Å². The highest BCUT2D eigenvalue weighted by Crippen LogP contribution is 2.45. The molecule has 7 atom stereocenters. The highest BCUT2D eigenvalue weighted by Gasteiger charge is 2.30. The van der Waals surface area contributed by atoms with Crippen molar-refractivity contribution in [2.45, 2.75) is 318 Å². The molecule has 0 aliphatic heterocycles. The van der Waals surface area contributed by atoms with E-state index < -0.39 is 97.5 Å². The Bertz CT molecular complexity index is 1650. The first-order valence-electron chi connectivity index (χ1n) is 32.8. The fourth-order valence-corrected chi connectivity index (χ4v) is 10.8.